The minimum absolute atomic E-state index is 0.165. The van der Waals surface area contributed by atoms with Crippen LogP contribution < -0.4 is 10.1 Å². The van der Waals surface area contributed by atoms with Crippen molar-refractivity contribution in [3.05, 3.63) is 89.2 Å². The minimum Gasteiger partial charge on any atom is -0.457 e. The first-order valence-electron chi connectivity index (χ1n) is 8.50. The first-order chi connectivity index (χ1) is 12.6. The Morgan fingerprint density at radius 3 is 2.19 bits per heavy atom. The molecule has 0 aromatic heterocycles. The second-order valence-electron chi connectivity index (χ2n) is 6.00. The molecule has 0 heterocycles. The third-order valence-corrected chi connectivity index (χ3v) is 4.14. The van der Waals surface area contributed by atoms with Crippen LogP contribution >= 0.6 is 0 Å². The van der Waals surface area contributed by atoms with E-state index in [-0.39, 0.29) is 11.7 Å². The summed E-state index contributed by atoms with van der Waals surface area (Å²) in [7, 11) is 0. The smallest absolute Gasteiger partial charge is 0.255 e. The summed E-state index contributed by atoms with van der Waals surface area (Å²) in [5.74, 6) is 0.642. The molecule has 0 spiro atoms. The zero-order valence-corrected chi connectivity index (χ0v) is 14.8. The van der Waals surface area contributed by atoms with Gasteiger partial charge in [0.15, 0.2) is 0 Å². The van der Waals surface area contributed by atoms with E-state index in [0.29, 0.717) is 17.1 Å². The van der Waals surface area contributed by atoms with E-state index in [1.54, 1.807) is 36.4 Å². The molecule has 0 saturated heterocycles. The van der Waals surface area contributed by atoms with Crippen LogP contribution in [0, 0.1) is 12.7 Å². The van der Waals surface area contributed by atoms with Crippen molar-refractivity contribution in [3.8, 4) is 11.5 Å². The van der Waals surface area contributed by atoms with Gasteiger partial charge in [-0.3, -0.25) is 4.79 Å². The van der Waals surface area contributed by atoms with Crippen molar-refractivity contribution in [2.24, 2.45) is 0 Å². The van der Waals surface area contributed by atoms with Gasteiger partial charge in [-0.2, -0.15) is 0 Å². The molecule has 0 radical (unpaired) electrons. The normalized spacial score (nSPS) is 10.4. The van der Waals surface area contributed by atoms with E-state index in [9.17, 15) is 9.18 Å². The quantitative estimate of drug-likeness (QED) is 0.638. The summed E-state index contributed by atoms with van der Waals surface area (Å²) in [6.07, 6.45) is 0.849. The van der Waals surface area contributed by atoms with Gasteiger partial charge in [-0.25, -0.2) is 4.39 Å². The van der Waals surface area contributed by atoms with Crippen LogP contribution in [-0.2, 0) is 6.42 Å². The lowest BCUT2D eigenvalue weighted by Crippen LogP contribution is -2.14. The minimum atomic E-state index is -0.313. The maximum atomic E-state index is 12.9. The summed E-state index contributed by atoms with van der Waals surface area (Å²) in [4.78, 5) is 12.5. The third-order valence-electron chi connectivity index (χ3n) is 4.14. The van der Waals surface area contributed by atoms with Gasteiger partial charge in [0.2, 0.25) is 0 Å². The summed E-state index contributed by atoms with van der Waals surface area (Å²) in [6, 6.07) is 18.6. The Bertz CT molecular complexity index is 902. The van der Waals surface area contributed by atoms with Crippen molar-refractivity contribution >= 4 is 11.6 Å². The highest BCUT2D eigenvalue weighted by atomic mass is 19.1. The molecule has 4 heteroatoms. The fraction of sp³-hybridized carbons (Fsp3) is 0.136. The van der Waals surface area contributed by atoms with Crippen LogP contribution in [0.1, 0.15) is 28.4 Å². The Morgan fingerprint density at radius 1 is 0.962 bits per heavy atom. The Hall–Kier alpha value is -3.14. The molecule has 3 rings (SSSR count). The average Bonchev–Trinajstić information content (AvgIpc) is 2.65. The summed E-state index contributed by atoms with van der Waals surface area (Å²) in [5, 5.41) is 3.00. The number of anilines is 1. The lowest BCUT2D eigenvalue weighted by Gasteiger charge is -2.13. The Morgan fingerprint density at radius 2 is 1.58 bits per heavy atom. The number of amides is 1. The van der Waals surface area contributed by atoms with Crippen molar-refractivity contribution in [1.82, 2.24) is 0 Å². The second-order valence-corrected chi connectivity index (χ2v) is 6.00. The molecule has 1 N–H and O–H groups in total. The van der Waals surface area contributed by atoms with Gasteiger partial charge in [0.05, 0.1) is 0 Å². The summed E-state index contributed by atoms with van der Waals surface area (Å²) < 4.78 is 18.6. The molecule has 0 fully saturated rings. The molecule has 26 heavy (non-hydrogen) atoms. The summed E-state index contributed by atoms with van der Waals surface area (Å²) in [6.45, 7) is 4.04. The Labute approximate surface area is 152 Å². The van der Waals surface area contributed by atoms with Crippen LogP contribution in [0.2, 0.25) is 0 Å². The van der Waals surface area contributed by atoms with E-state index in [0.717, 1.165) is 23.2 Å². The molecule has 0 saturated carbocycles. The number of nitrogens with one attached hydrogen (secondary N) is 1. The Kier molecular flexibility index (Phi) is 5.32. The maximum Gasteiger partial charge on any atom is 0.255 e. The predicted octanol–water partition coefficient (Wildman–Crippen LogP) is 5.74. The topological polar surface area (TPSA) is 38.3 Å². The van der Waals surface area contributed by atoms with E-state index in [2.05, 4.69) is 12.2 Å². The largest absolute Gasteiger partial charge is 0.457 e. The van der Waals surface area contributed by atoms with Gasteiger partial charge in [0.1, 0.15) is 17.3 Å². The van der Waals surface area contributed by atoms with Crippen LogP contribution in [0.5, 0.6) is 11.5 Å². The predicted molar refractivity (Wildman–Crippen MR) is 101 cm³/mol. The monoisotopic (exact) mass is 349 g/mol. The molecule has 0 aliphatic rings. The van der Waals surface area contributed by atoms with E-state index < -0.39 is 0 Å². The molecule has 0 aliphatic heterocycles. The van der Waals surface area contributed by atoms with Crippen molar-refractivity contribution < 1.29 is 13.9 Å². The number of rotatable bonds is 5. The molecule has 3 nitrogen and oxygen atoms in total. The number of halogens is 1. The number of carbonyl (C=O) groups excluding carboxylic acids is 1. The number of hydrogen-bond donors (Lipinski definition) is 1. The highest BCUT2D eigenvalue weighted by molar-refractivity contribution is 6.05. The van der Waals surface area contributed by atoms with E-state index in [1.165, 1.54) is 12.1 Å². The fourth-order valence-corrected chi connectivity index (χ4v) is 2.70. The first-order valence-corrected chi connectivity index (χ1v) is 8.50. The molecule has 132 valence electrons. The Balaban J connectivity index is 1.72. The maximum absolute atomic E-state index is 12.9. The van der Waals surface area contributed by atoms with Gasteiger partial charge in [-0.05, 0) is 73.0 Å². The van der Waals surface area contributed by atoms with Gasteiger partial charge in [0.25, 0.3) is 5.91 Å². The highest BCUT2D eigenvalue weighted by Gasteiger charge is 2.11. The molecule has 0 atom stereocenters. The molecule has 3 aromatic rings. The van der Waals surface area contributed by atoms with Crippen LogP contribution in [0.4, 0.5) is 10.1 Å². The lowest BCUT2D eigenvalue weighted by molar-refractivity contribution is 0.102. The molecular formula is C22H20FNO2. The number of carbonyl (C=O) groups is 1. The van der Waals surface area contributed by atoms with Gasteiger partial charge in [-0.1, -0.05) is 25.1 Å². The summed E-state index contributed by atoms with van der Waals surface area (Å²) >= 11 is 0. The van der Waals surface area contributed by atoms with Crippen LogP contribution in [-0.4, -0.2) is 5.91 Å². The van der Waals surface area contributed by atoms with Gasteiger partial charge in [0, 0.05) is 11.3 Å². The molecule has 3 aromatic carbocycles. The van der Waals surface area contributed by atoms with Crippen LogP contribution in [0.15, 0.2) is 66.7 Å². The zero-order chi connectivity index (χ0) is 18.5. The standard InChI is InChI=1S/C22H20FNO2/c1-3-16-6-4-5-15(2)21(16)24-22(25)17-7-11-19(12-8-17)26-20-13-9-18(23)10-14-20/h4-14H,3H2,1-2H3,(H,24,25). The number of aryl methyl sites for hydroxylation is 2. The summed E-state index contributed by atoms with van der Waals surface area (Å²) in [5.41, 5.74) is 3.55. The zero-order valence-electron chi connectivity index (χ0n) is 14.8. The van der Waals surface area contributed by atoms with Gasteiger partial charge < -0.3 is 10.1 Å². The van der Waals surface area contributed by atoms with Crippen molar-refractivity contribution in [2.75, 3.05) is 5.32 Å². The molecule has 1 amide bonds. The van der Waals surface area contributed by atoms with Crippen molar-refractivity contribution in [2.45, 2.75) is 20.3 Å². The number of ether oxygens (including phenoxy) is 1. The molecular weight excluding hydrogens is 329 g/mol. The van der Waals surface area contributed by atoms with Crippen LogP contribution in [0.25, 0.3) is 0 Å². The number of hydrogen-bond acceptors (Lipinski definition) is 2. The van der Waals surface area contributed by atoms with Crippen LogP contribution in [0.3, 0.4) is 0 Å². The fourth-order valence-electron chi connectivity index (χ4n) is 2.70. The van der Waals surface area contributed by atoms with Gasteiger partial charge >= 0.3 is 0 Å². The third kappa shape index (κ3) is 4.09. The SMILES string of the molecule is CCc1cccc(C)c1NC(=O)c1ccc(Oc2ccc(F)cc2)cc1. The molecule has 0 bridgehead atoms. The van der Waals surface area contributed by atoms with Crippen molar-refractivity contribution in [3.63, 3.8) is 0 Å². The van der Waals surface area contributed by atoms with E-state index in [1.807, 2.05) is 25.1 Å². The second kappa shape index (κ2) is 7.83. The highest BCUT2D eigenvalue weighted by Crippen LogP contribution is 2.24. The number of benzene rings is 3. The van der Waals surface area contributed by atoms with E-state index >= 15 is 0 Å². The number of para-hydroxylation sites is 1. The van der Waals surface area contributed by atoms with Crippen molar-refractivity contribution in [1.29, 1.82) is 0 Å². The van der Waals surface area contributed by atoms with E-state index in [4.69, 9.17) is 4.74 Å². The van der Waals surface area contributed by atoms with Gasteiger partial charge in [-0.15, -0.1) is 0 Å². The average molecular weight is 349 g/mol. The first kappa shape index (κ1) is 17.7. The molecule has 0 unspecified atom stereocenters. The molecule has 0 aliphatic carbocycles. The lowest BCUT2D eigenvalue weighted by atomic mass is 10.1.